The second-order valence-electron chi connectivity index (χ2n) is 4.09. The molecule has 1 aliphatic carbocycles. The number of sulfonamides is 1. The van der Waals surface area contributed by atoms with Gasteiger partial charge >= 0.3 is 0 Å². The molecule has 5 heteroatoms. The Morgan fingerprint density at radius 1 is 1.33 bits per heavy atom. The molecule has 0 spiro atoms. The molecule has 0 aromatic rings. The van der Waals surface area contributed by atoms with Gasteiger partial charge in [0, 0.05) is 12.6 Å². The van der Waals surface area contributed by atoms with Crippen LogP contribution in [-0.2, 0) is 10.0 Å². The smallest absolute Gasteiger partial charge is 0.214 e. The highest BCUT2D eigenvalue weighted by Gasteiger charge is 2.29. The molecule has 0 aliphatic heterocycles. The van der Waals surface area contributed by atoms with Crippen molar-refractivity contribution in [2.75, 3.05) is 18.8 Å². The average Bonchev–Trinajstić information content (AvgIpc) is 2.71. The maximum absolute atomic E-state index is 11.9. The molecule has 1 fully saturated rings. The van der Waals surface area contributed by atoms with Gasteiger partial charge in [-0.05, 0) is 32.7 Å². The zero-order valence-corrected chi connectivity index (χ0v) is 10.3. The molecule has 0 unspecified atom stereocenters. The maximum atomic E-state index is 11.9. The van der Waals surface area contributed by atoms with Gasteiger partial charge < -0.3 is 5.73 Å². The van der Waals surface area contributed by atoms with Crippen molar-refractivity contribution in [1.29, 1.82) is 0 Å². The first kappa shape index (κ1) is 12.9. The van der Waals surface area contributed by atoms with Crippen LogP contribution in [0.3, 0.4) is 0 Å². The van der Waals surface area contributed by atoms with Crippen LogP contribution >= 0.6 is 0 Å². The van der Waals surface area contributed by atoms with Crippen molar-refractivity contribution in [3.05, 3.63) is 0 Å². The van der Waals surface area contributed by atoms with Crippen molar-refractivity contribution in [1.82, 2.24) is 4.31 Å². The normalized spacial score (nSPS) is 18.9. The van der Waals surface area contributed by atoms with Gasteiger partial charge in [0.05, 0.1) is 5.75 Å². The monoisotopic (exact) mass is 234 g/mol. The first-order chi connectivity index (χ1) is 7.11. The third kappa shape index (κ3) is 3.43. The van der Waals surface area contributed by atoms with Crippen LogP contribution in [0.2, 0.25) is 0 Å². The third-order valence-corrected chi connectivity index (χ3v) is 4.96. The van der Waals surface area contributed by atoms with Gasteiger partial charge in [-0.25, -0.2) is 8.42 Å². The van der Waals surface area contributed by atoms with E-state index in [1.165, 1.54) is 0 Å². The fourth-order valence-electron chi connectivity index (χ4n) is 2.15. The first-order valence-electron chi connectivity index (χ1n) is 5.81. The number of rotatable bonds is 6. The highest BCUT2D eigenvalue weighted by molar-refractivity contribution is 7.89. The van der Waals surface area contributed by atoms with Crippen molar-refractivity contribution in [3.63, 3.8) is 0 Å². The van der Waals surface area contributed by atoms with Crippen molar-refractivity contribution in [2.45, 2.75) is 45.1 Å². The quantitative estimate of drug-likeness (QED) is 0.743. The number of nitrogens with zero attached hydrogens (tertiary/aromatic N) is 1. The summed E-state index contributed by atoms with van der Waals surface area (Å²) in [5.41, 5.74) is 5.44. The van der Waals surface area contributed by atoms with Crippen molar-refractivity contribution >= 4 is 10.0 Å². The van der Waals surface area contributed by atoms with Crippen LogP contribution < -0.4 is 5.73 Å². The largest absolute Gasteiger partial charge is 0.330 e. The maximum Gasteiger partial charge on any atom is 0.214 e. The van der Waals surface area contributed by atoms with Gasteiger partial charge in [-0.15, -0.1) is 0 Å². The molecule has 0 aromatic carbocycles. The van der Waals surface area contributed by atoms with Crippen molar-refractivity contribution < 1.29 is 8.42 Å². The van der Waals surface area contributed by atoms with Gasteiger partial charge in [0.25, 0.3) is 0 Å². The summed E-state index contributed by atoms with van der Waals surface area (Å²) in [6, 6.07) is 0.237. The molecule has 0 amide bonds. The van der Waals surface area contributed by atoms with Crippen LogP contribution in [0.15, 0.2) is 0 Å². The minimum atomic E-state index is -3.04. The summed E-state index contributed by atoms with van der Waals surface area (Å²) < 4.78 is 25.4. The van der Waals surface area contributed by atoms with Crippen LogP contribution in [0.1, 0.15) is 39.0 Å². The fourth-order valence-corrected chi connectivity index (χ4v) is 3.56. The van der Waals surface area contributed by atoms with Crippen molar-refractivity contribution in [3.8, 4) is 0 Å². The summed E-state index contributed by atoms with van der Waals surface area (Å²) in [6.07, 6.45) is 5.11. The lowest BCUT2D eigenvalue weighted by Gasteiger charge is -2.27. The van der Waals surface area contributed by atoms with Gasteiger partial charge in [-0.2, -0.15) is 4.31 Å². The van der Waals surface area contributed by atoms with E-state index in [2.05, 4.69) is 0 Å². The second kappa shape index (κ2) is 5.82. The van der Waals surface area contributed by atoms with Gasteiger partial charge in [-0.3, -0.25) is 0 Å². The summed E-state index contributed by atoms with van der Waals surface area (Å²) >= 11 is 0. The first-order valence-corrected chi connectivity index (χ1v) is 7.42. The van der Waals surface area contributed by atoms with E-state index in [1.807, 2.05) is 0 Å². The highest BCUT2D eigenvalue weighted by Crippen LogP contribution is 2.25. The van der Waals surface area contributed by atoms with Crippen molar-refractivity contribution in [2.24, 2.45) is 5.73 Å². The Bertz CT molecular complexity index is 271. The fraction of sp³-hybridized carbons (Fsp3) is 1.00. The molecule has 4 nitrogen and oxygen atoms in total. The van der Waals surface area contributed by atoms with Gasteiger partial charge in [-0.1, -0.05) is 12.8 Å². The van der Waals surface area contributed by atoms with E-state index >= 15 is 0 Å². The zero-order chi connectivity index (χ0) is 11.3. The van der Waals surface area contributed by atoms with Crippen LogP contribution in [0.25, 0.3) is 0 Å². The topological polar surface area (TPSA) is 63.4 Å². The molecule has 1 aliphatic rings. The molecule has 0 atom stereocenters. The molecule has 2 N–H and O–H groups in total. The lowest BCUT2D eigenvalue weighted by atomic mass is 10.2. The number of hydrogen-bond donors (Lipinski definition) is 1. The predicted octanol–water partition coefficient (Wildman–Crippen LogP) is 0.930. The lowest BCUT2D eigenvalue weighted by molar-refractivity contribution is 0.320. The molecule has 1 saturated carbocycles. The van der Waals surface area contributed by atoms with E-state index in [0.717, 1.165) is 32.1 Å². The van der Waals surface area contributed by atoms with Crippen LogP contribution in [-0.4, -0.2) is 37.6 Å². The summed E-state index contributed by atoms with van der Waals surface area (Å²) in [7, 11) is -3.04. The van der Waals surface area contributed by atoms with E-state index in [0.29, 0.717) is 13.1 Å². The molecule has 1 rings (SSSR count). The van der Waals surface area contributed by atoms with E-state index in [-0.39, 0.29) is 11.8 Å². The third-order valence-electron chi connectivity index (χ3n) is 3.04. The molecule has 90 valence electrons. The molecule has 0 saturated heterocycles. The summed E-state index contributed by atoms with van der Waals surface area (Å²) in [6.45, 7) is 2.86. The summed E-state index contributed by atoms with van der Waals surface area (Å²) in [4.78, 5) is 0. The van der Waals surface area contributed by atoms with Gasteiger partial charge in [0.15, 0.2) is 0 Å². The predicted molar refractivity (Wildman–Crippen MR) is 62.1 cm³/mol. The van der Waals surface area contributed by atoms with Crippen LogP contribution in [0.5, 0.6) is 0 Å². The van der Waals surface area contributed by atoms with Crippen LogP contribution in [0.4, 0.5) is 0 Å². The van der Waals surface area contributed by atoms with E-state index < -0.39 is 10.0 Å². The number of nitrogens with two attached hydrogens (primary N) is 1. The standard InChI is InChI=1S/C10H22N2O2S/c1-2-15(13,14)12(9-5-8-11)10-6-3-4-7-10/h10H,2-9,11H2,1H3. The molecule has 0 radical (unpaired) electrons. The Morgan fingerprint density at radius 3 is 2.40 bits per heavy atom. The zero-order valence-electron chi connectivity index (χ0n) is 9.48. The molecule has 0 heterocycles. The Hall–Kier alpha value is -0.130. The van der Waals surface area contributed by atoms with E-state index in [1.54, 1.807) is 11.2 Å². The van der Waals surface area contributed by atoms with E-state index in [4.69, 9.17) is 5.73 Å². The second-order valence-corrected chi connectivity index (χ2v) is 6.30. The minimum absolute atomic E-state index is 0.202. The SMILES string of the molecule is CCS(=O)(=O)N(CCCN)C1CCCC1. The molecular weight excluding hydrogens is 212 g/mol. The number of hydrogen-bond acceptors (Lipinski definition) is 3. The van der Waals surface area contributed by atoms with E-state index in [9.17, 15) is 8.42 Å². The molecule has 15 heavy (non-hydrogen) atoms. The Labute approximate surface area is 92.9 Å². The molecule has 0 bridgehead atoms. The Kier molecular flexibility index (Phi) is 5.02. The van der Waals surface area contributed by atoms with Gasteiger partial charge in [0.1, 0.15) is 0 Å². The summed E-state index contributed by atoms with van der Waals surface area (Å²) in [5.74, 6) is 0.202. The van der Waals surface area contributed by atoms with Crippen LogP contribution in [0, 0.1) is 0 Å². The molecule has 0 aromatic heterocycles. The summed E-state index contributed by atoms with van der Waals surface area (Å²) in [5, 5.41) is 0. The molecular formula is C10H22N2O2S. The highest BCUT2D eigenvalue weighted by atomic mass is 32.2. The minimum Gasteiger partial charge on any atom is -0.330 e. The van der Waals surface area contributed by atoms with Gasteiger partial charge in [0.2, 0.25) is 10.0 Å². The average molecular weight is 234 g/mol. The Morgan fingerprint density at radius 2 is 1.93 bits per heavy atom. The lowest BCUT2D eigenvalue weighted by Crippen LogP contribution is -2.40. The Balaban J connectivity index is 2.68.